The molecule has 18 heavy (non-hydrogen) atoms. The second-order valence-corrected chi connectivity index (χ2v) is 4.16. The number of halogens is 3. The van der Waals surface area contributed by atoms with Gasteiger partial charge in [0.25, 0.3) is 0 Å². The maximum absolute atomic E-state index is 11.9. The molecule has 0 aliphatic carbocycles. The third-order valence-corrected chi connectivity index (χ3v) is 2.48. The van der Waals surface area contributed by atoms with Crippen molar-refractivity contribution < 1.29 is 18.0 Å². The van der Waals surface area contributed by atoms with Gasteiger partial charge in [-0.2, -0.15) is 13.2 Å². The Bertz CT molecular complexity index is 401. The van der Waals surface area contributed by atoms with Crippen molar-refractivity contribution in [1.29, 1.82) is 0 Å². The van der Waals surface area contributed by atoms with Crippen LogP contribution >= 0.6 is 0 Å². The summed E-state index contributed by atoms with van der Waals surface area (Å²) in [5.74, 6) is -0.768. The molecule has 0 radical (unpaired) electrons. The highest BCUT2D eigenvalue weighted by Crippen LogP contribution is 2.20. The molecule has 0 aliphatic rings. The number of nitrogens with one attached hydrogen (secondary N) is 1. The molecule has 3 N–H and O–H groups in total. The molecule has 0 heterocycles. The lowest BCUT2D eigenvalue weighted by Crippen LogP contribution is -2.34. The monoisotopic (exact) mass is 260 g/mol. The third-order valence-electron chi connectivity index (χ3n) is 2.48. The van der Waals surface area contributed by atoms with E-state index in [-0.39, 0.29) is 12.3 Å². The Morgan fingerprint density at radius 3 is 2.39 bits per heavy atom. The minimum Gasteiger partial charge on any atom is -0.399 e. The van der Waals surface area contributed by atoms with E-state index in [1.807, 2.05) is 5.32 Å². The van der Waals surface area contributed by atoms with E-state index in [2.05, 4.69) is 0 Å². The summed E-state index contributed by atoms with van der Waals surface area (Å²) in [4.78, 5) is 11.3. The smallest absolute Gasteiger partial charge is 0.399 e. The largest absolute Gasteiger partial charge is 0.405 e. The van der Waals surface area contributed by atoms with Gasteiger partial charge in [-0.05, 0) is 23.6 Å². The number of nitrogen functional groups attached to an aromatic ring is 1. The number of amides is 1. The Hall–Kier alpha value is -1.72. The van der Waals surface area contributed by atoms with Crippen molar-refractivity contribution >= 4 is 11.6 Å². The molecule has 0 saturated carbocycles. The lowest BCUT2D eigenvalue weighted by Gasteiger charge is -2.13. The van der Waals surface area contributed by atoms with Crippen LogP contribution < -0.4 is 11.1 Å². The first kappa shape index (κ1) is 14.3. The predicted octanol–water partition coefficient (Wildman–Crippen LogP) is 2.44. The molecule has 0 fully saturated rings. The summed E-state index contributed by atoms with van der Waals surface area (Å²) >= 11 is 0. The number of hydrogen-bond acceptors (Lipinski definition) is 2. The van der Waals surface area contributed by atoms with Gasteiger partial charge in [0.05, 0.1) is 0 Å². The van der Waals surface area contributed by atoms with E-state index in [4.69, 9.17) is 5.73 Å². The Morgan fingerprint density at radius 2 is 1.89 bits per heavy atom. The highest BCUT2D eigenvalue weighted by atomic mass is 19.4. The molecule has 0 aromatic heterocycles. The zero-order valence-electron chi connectivity index (χ0n) is 9.92. The van der Waals surface area contributed by atoms with E-state index in [9.17, 15) is 18.0 Å². The number of carbonyl (C=O) groups excluding carboxylic acids is 1. The van der Waals surface area contributed by atoms with E-state index < -0.39 is 18.6 Å². The van der Waals surface area contributed by atoms with Crippen molar-refractivity contribution in [3.63, 3.8) is 0 Å². The molecule has 1 aromatic rings. The molecule has 3 nitrogen and oxygen atoms in total. The first-order chi connectivity index (χ1) is 8.28. The van der Waals surface area contributed by atoms with Crippen LogP contribution in [0, 0.1) is 0 Å². The molecule has 0 spiro atoms. The van der Waals surface area contributed by atoms with Gasteiger partial charge in [-0.25, -0.2) is 0 Å². The Labute approximate surface area is 103 Å². The van der Waals surface area contributed by atoms with Crippen LogP contribution in [0.2, 0.25) is 0 Å². The summed E-state index contributed by atoms with van der Waals surface area (Å²) in [6.07, 6.45) is -4.36. The molecule has 1 unspecified atom stereocenters. The fourth-order valence-corrected chi connectivity index (χ4v) is 1.49. The van der Waals surface area contributed by atoms with Gasteiger partial charge in [-0.15, -0.1) is 0 Å². The summed E-state index contributed by atoms with van der Waals surface area (Å²) < 4.78 is 35.7. The minimum absolute atomic E-state index is 0.0139. The SMILES string of the molecule is CC(CC(=O)NCC(F)(F)F)c1ccc(N)cc1. The number of anilines is 1. The Morgan fingerprint density at radius 1 is 1.33 bits per heavy atom. The highest BCUT2D eigenvalue weighted by molar-refractivity contribution is 5.76. The van der Waals surface area contributed by atoms with Gasteiger partial charge >= 0.3 is 6.18 Å². The van der Waals surface area contributed by atoms with E-state index in [1.165, 1.54) is 0 Å². The Balaban J connectivity index is 2.47. The normalized spacial score (nSPS) is 13.1. The van der Waals surface area contributed by atoms with Crippen molar-refractivity contribution in [3.05, 3.63) is 29.8 Å². The Kier molecular flexibility index (Phi) is 4.58. The second kappa shape index (κ2) is 5.75. The van der Waals surface area contributed by atoms with Crippen LogP contribution in [-0.4, -0.2) is 18.6 Å². The number of benzene rings is 1. The van der Waals surface area contributed by atoms with Gasteiger partial charge < -0.3 is 11.1 Å². The van der Waals surface area contributed by atoms with Gasteiger partial charge in [0, 0.05) is 12.1 Å². The van der Waals surface area contributed by atoms with Crippen LogP contribution in [-0.2, 0) is 4.79 Å². The van der Waals surface area contributed by atoms with Gasteiger partial charge in [0.1, 0.15) is 6.54 Å². The lowest BCUT2D eigenvalue weighted by molar-refractivity contribution is -0.138. The quantitative estimate of drug-likeness (QED) is 0.817. The van der Waals surface area contributed by atoms with E-state index in [0.29, 0.717) is 5.69 Å². The van der Waals surface area contributed by atoms with Gasteiger partial charge in [0.2, 0.25) is 5.91 Å². The molecule has 1 rings (SSSR count). The number of rotatable bonds is 4. The number of nitrogens with two attached hydrogens (primary N) is 1. The van der Waals surface area contributed by atoms with E-state index in [0.717, 1.165) is 5.56 Å². The number of alkyl halides is 3. The van der Waals surface area contributed by atoms with Crippen LogP contribution in [0.25, 0.3) is 0 Å². The van der Waals surface area contributed by atoms with Crippen LogP contribution in [0.3, 0.4) is 0 Å². The third kappa shape index (κ3) is 5.07. The molecule has 1 atom stereocenters. The first-order valence-electron chi connectivity index (χ1n) is 5.47. The lowest BCUT2D eigenvalue weighted by atomic mass is 9.97. The molecule has 0 bridgehead atoms. The fraction of sp³-hybridized carbons (Fsp3) is 0.417. The molecular formula is C12H15F3N2O. The van der Waals surface area contributed by atoms with Crippen LogP contribution in [0.5, 0.6) is 0 Å². The predicted molar refractivity (Wildman–Crippen MR) is 63.0 cm³/mol. The molecule has 0 saturated heterocycles. The average molecular weight is 260 g/mol. The molecule has 0 aliphatic heterocycles. The van der Waals surface area contributed by atoms with Crippen molar-refractivity contribution in [1.82, 2.24) is 5.32 Å². The standard InChI is InChI=1S/C12H15F3N2O/c1-8(9-2-4-10(16)5-3-9)6-11(18)17-7-12(13,14)15/h2-5,8H,6-7,16H2,1H3,(H,17,18). The van der Waals surface area contributed by atoms with Crippen molar-refractivity contribution in [2.45, 2.75) is 25.4 Å². The fourth-order valence-electron chi connectivity index (χ4n) is 1.49. The maximum Gasteiger partial charge on any atom is 0.405 e. The minimum atomic E-state index is -4.37. The van der Waals surface area contributed by atoms with Crippen molar-refractivity contribution in [2.75, 3.05) is 12.3 Å². The average Bonchev–Trinajstić information content (AvgIpc) is 2.26. The van der Waals surface area contributed by atoms with E-state index in [1.54, 1.807) is 31.2 Å². The van der Waals surface area contributed by atoms with Crippen LogP contribution in [0.4, 0.5) is 18.9 Å². The van der Waals surface area contributed by atoms with Gasteiger partial charge in [-0.1, -0.05) is 19.1 Å². The van der Waals surface area contributed by atoms with Crippen LogP contribution in [0.15, 0.2) is 24.3 Å². The first-order valence-corrected chi connectivity index (χ1v) is 5.47. The zero-order valence-corrected chi connectivity index (χ0v) is 9.92. The summed E-state index contributed by atoms with van der Waals surface area (Å²) in [5, 5.41) is 1.85. The van der Waals surface area contributed by atoms with Crippen LogP contribution in [0.1, 0.15) is 24.8 Å². The summed E-state index contributed by atoms with van der Waals surface area (Å²) in [6.45, 7) is 0.485. The van der Waals surface area contributed by atoms with Gasteiger partial charge in [0.15, 0.2) is 0 Å². The van der Waals surface area contributed by atoms with Crippen molar-refractivity contribution in [3.8, 4) is 0 Å². The number of carbonyl (C=O) groups is 1. The maximum atomic E-state index is 11.9. The molecule has 1 aromatic carbocycles. The summed E-state index contributed by atoms with van der Waals surface area (Å²) in [7, 11) is 0. The summed E-state index contributed by atoms with van der Waals surface area (Å²) in [6, 6.07) is 6.91. The molecule has 100 valence electrons. The number of hydrogen-bond donors (Lipinski definition) is 2. The zero-order chi connectivity index (χ0) is 13.8. The molecule has 6 heteroatoms. The van der Waals surface area contributed by atoms with Gasteiger partial charge in [-0.3, -0.25) is 4.79 Å². The molecular weight excluding hydrogens is 245 g/mol. The van der Waals surface area contributed by atoms with E-state index >= 15 is 0 Å². The second-order valence-electron chi connectivity index (χ2n) is 4.16. The highest BCUT2D eigenvalue weighted by Gasteiger charge is 2.27. The molecule has 1 amide bonds. The topological polar surface area (TPSA) is 55.1 Å². The summed E-state index contributed by atoms with van der Waals surface area (Å²) in [5.41, 5.74) is 6.99. The van der Waals surface area contributed by atoms with Crippen molar-refractivity contribution in [2.24, 2.45) is 0 Å².